The van der Waals surface area contributed by atoms with Crippen LogP contribution in [0.5, 0.6) is 0 Å². The van der Waals surface area contributed by atoms with Crippen molar-refractivity contribution < 1.29 is 45.0 Å². The van der Waals surface area contributed by atoms with Crippen LogP contribution in [-0.2, 0) is 20.3 Å². The van der Waals surface area contributed by atoms with Gasteiger partial charge in [-0.1, -0.05) is 12.8 Å². The Hall–Kier alpha value is -2.01. The van der Waals surface area contributed by atoms with E-state index in [0.717, 1.165) is 0 Å². The molecule has 1 aliphatic rings. The van der Waals surface area contributed by atoms with Crippen LogP contribution in [0.4, 0.5) is 23.2 Å². The van der Waals surface area contributed by atoms with Crippen LogP contribution in [0.1, 0.15) is 64.4 Å². The summed E-state index contributed by atoms with van der Waals surface area (Å²) in [7, 11) is -4.18. The molecule has 0 bridgehead atoms. The van der Waals surface area contributed by atoms with E-state index in [4.69, 9.17) is 9.66 Å². The molecule has 174 valence electrons. The van der Waals surface area contributed by atoms with Gasteiger partial charge in [-0.15, -0.1) is 0 Å². The average molecular weight is 468 g/mol. The fourth-order valence-corrected chi connectivity index (χ4v) is 4.66. The number of nitrogens with zero attached hydrogens (tertiary/aromatic N) is 1. The summed E-state index contributed by atoms with van der Waals surface area (Å²) in [5.74, 6) is -8.25. The Morgan fingerprint density at radius 1 is 0.968 bits per heavy atom. The second-order valence-electron chi connectivity index (χ2n) is 8.00. The standard InChI is InChI=1S/C20H25F4NO5S/c1-12-20(2,9-5-3-4-8-13(26)27)14-15(21)16(22)17(23)18(24)19(14)25(12)10-6-7-11-31(28,29)30/h3-11H2,1-2H3,(H-,26,27,28,29,30)/p+1. The summed E-state index contributed by atoms with van der Waals surface area (Å²) in [6.45, 7) is 3.20. The number of rotatable bonds is 11. The quantitative estimate of drug-likeness (QED) is 0.126. The number of carbonyl (C=O) groups is 1. The number of aliphatic carboxylic acids is 1. The average Bonchev–Trinajstić information content (AvgIpc) is 2.88. The molecule has 2 rings (SSSR count). The largest absolute Gasteiger partial charge is 0.481 e. The summed E-state index contributed by atoms with van der Waals surface area (Å²) in [5.41, 5.74) is -1.40. The topological polar surface area (TPSA) is 94.7 Å². The van der Waals surface area contributed by atoms with Gasteiger partial charge in [-0.3, -0.25) is 9.35 Å². The van der Waals surface area contributed by atoms with Crippen LogP contribution in [0.15, 0.2) is 0 Å². The van der Waals surface area contributed by atoms with Gasteiger partial charge in [0.1, 0.15) is 6.54 Å². The van der Waals surface area contributed by atoms with E-state index < -0.39 is 56.2 Å². The minimum atomic E-state index is -4.18. The molecule has 0 aromatic heterocycles. The van der Waals surface area contributed by atoms with Crippen molar-refractivity contribution >= 4 is 27.5 Å². The summed E-state index contributed by atoms with van der Waals surface area (Å²) in [6, 6.07) is 0. The predicted molar refractivity (Wildman–Crippen MR) is 105 cm³/mol. The van der Waals surface area contributed by atoms with Crippen LogP contribution in [0.2, 0.25) is 0 Å². The summed E-state index contributed by atoms with van der Waals surface area (Å²) in [6.07, 6.45) is 1.80. The molecule has 1 unspecified atom stereocenters. The van der Waals surface area contributed by atoms with E-state index in [1.54, 1.807) is 13.8 Å². The molecule has 0 saturated carbocycles. The van der Waals surface area contributed by atoms with E-state index in [-0.39, 0.29) is 37.8 Å². The molecule has 1 aliphatic heterocycles. The fraction of sp³-hybridized carbons (Fsp3) is 0.600. The molecule has 0 saturated heterocycles. The van der Waals surface area contributed by atoms with E-state index in [1.807, 2.05) is 0 Å². The van der Waals surface area contributed by atoms with Gasteiger partial charge in [0, 0.05) is 19.8 Å². The van der Waals surface area contributed by atoms with Gasteiger partial charge in [0.2, 0.25) is 11.6 Å². The van der Waals surface area contributed by atoms with Crippen molar-refractivity contribution in [3.63, 3.8) is 0 Å². The normalized spacial score (nSPS) is 18.5. The summed E-state index contributed by atoms with van der Waals surface area (Å²) in [5, 5.41) is 8.73. The van der Waals surface area contributed by atoms with Crippen LogP contribution in [-0.4, -0.2) is 46.6 Å². The zero-order chi connectivity index (χ0) is 23.6. The highest BCUT2D eigenvalue weighted by Gasteiger charge is 2.51. The molecule has 31 heavy (non-hydrogen) atoms. The molecule has 0 spiro atoms. The van der Waals surface area contributed by atoms with Crippen molar-refractivity contribution in [3.8, 4) is 0 Å². The van der Waals surface area contributed by atoms with Crippen molar-refractivity contribution in [1.29, 1.82) is 0 Å². The van der Waals surface area contributed by atoms with Crippen molar-refractivity contribution in [2.75, 3.05) is 12.3 Å². The van der Waals surface area contributed by atoms with Gasteiger partial charge < -0.3 is 5.11 Å². The number of hydrogen-bond acceptors (Lipinski definition) is 3. The lowest BCUT2D eigenvalue weighted by atomic mass is 9.75. The van der Waals surface area contributed by atoms with Crippen LogP contribution in [0.25, 0.3) is 0 Å². The first kappa shape index (κ1) is 25.3. The van der Waals surface area contributed by atoms with E-state index in [2.05, 4.69) is 0 Å². The Morgan fingerprint density at radius 3 is 2.16 bits per heavy atom. The molecule has 2 N–H and O–H groups in total. The third kappa shape index (κ3) is 5.43. The maximum absolute atomic E-state index is 14.8. The van der Waals surface area contributed by atoms with Crippen molar-refractivity contribution in [2.45, 2.75) is 64.2 Å². The van der Waals surface area contributed by atoms with Crippen LogP contribution in [0, 0.1) is 23.3 Å². The van der Waals surface area contributed by atoms with Gasteiger partial charge in [0.05, 0.1) is 16.7 Å². The summed E-state index contributed by atoms with van der Waals surface area (Å²) >= 11 is 0. The second-order valence-corrected chi connectivity index (χ2v) is 9.57. The molecule has 1 aromatic carbocycles. The van der Waals surface area contributed by atoms with Crippen LogP contribution in [0.3, 0.4) is 0 Å². The van der Waals surface area contributed by atoms with Crippen molar-refractivity contribution in [2.24, 2.45) is 0 Å². The lowest BCUT2D eigenvalue weighted by molar-refractivity contribution is -0.442. The summed E-state index contributed by atoms with van der Waals surface area (Å²) < 4.78 is 89.5. The highest BCUT2D eigenvalue weighted by Crippen LogP contribution is 2.47. The Morgan fingerprint density at radius 2 is 1.58 bits per heavy atom. The first-order valence-corrected chi connectivity index (χ1v) is 11.6. The maximum atomic E-state index is 14.8. The molecular weight excluding hydrogens is 442 g/mol. The molecule has 0 amide bonds. The SMILES string of the molecule is CC1=[N+](CCCCS(=O)(=O)O)c2c(F)c(F)c(F)c(F)c2C1(C)CCCCCC(=O)O. The third-order valence-corrected chi connectivity index (χ3v) is 6.67. The lowest BCUT2D eigenvalue weighted by Gasteiger charge is -2.22. The summed E-state index contributed by atoms with van der Waals surface area (Å²) in [4.78, 5) is 10.6. The molecule has 6 nitrogen and oxygen atoms in total. The fourth-order valence-electron chi connectivity index (χ4n) is 4.09. The third-order valence-electron chi connectivity index (χ3n) is 5.87. The molecule has 0 fully saturated rings. The Bertz CT molecular complexity index is 1010. The number of hydrogen-bond donors (Lipinski definition) is 2. The Kier molecular flexibility index (Phi) is 7.85. The highest BCUT2D eigenvalue weighted by molar-refractivity contribution is 7.85. The van der Waals surface area contributed by atoms with Gasteiger partial charge in [0.15, 0.2) is 17.3 Å². The molecule has 0 aliphatic carbocycles. The zero-order valence-corrected chi connectivity index (χ0v) is 18.2. The Labute approximate surface area is 178 Å². The highest BCUT2D eigenvalue weighted by atomic mass is 32.2. The molecule has 1 heterocycles. The predicted octanol–water partition coefficient (Wildman–Crippen LogP) is 4.32. The van der Waals surface area contributed by atoms with Crippen LogP contribution >= 0.6 is 0 Å². The number of halogens is 4. The number of carboxylic acids is 1. The minimum absolute atomic E-state index is 0.0182. The maximum Gasteiger partial charge on any atom is 0.303 e. The minimum Gasteiger partial charge on any atom is -0.481 e. The molecule has 0 radical (unpaired) electrons. The second kappa shape index (κ2) is 9.64. The van der Waals surface area contributed by atoms with Crippen molar-refractivity contribution in [1.82, 2.24) is 0 Å². The number of unbranched alkanes of at least 4 members (excludes halogenated alkanes) is 3. The monoisotopic (exact) mass is 468 g/mol. The molecule has 1 atom stereocenters. The van der Waals surface area contributed by atoms with Gasteiger partial charge >= 0.3 is 5.97 Å². The molecular formula is C20H26F4NO5S+. The van der Waals surface area contributed by atoms with E-state index in [9.17, 15) is 30.8 Å². The van der Waals surface area contributed by atoms with E-state index in [0.29, 0.717) is 25.0 Å². The van der Waals surface area contributed by atoms with Crippen molar-refractivity contribution in [3.05, 3.63) is 28.8 Å². The number of carboxylic acid groups (broad SMARTS) is 1. The number of benzene rings is 1. The van der Waals surface area contributed by atoms with Crippen LogP contribution < -0.4 is 0 Å². The molecule has 1 aromatic rings. The lowest BCUT2D eigenvalue weighted by Crippen LogP contribution is -2.31. The van der Waals surface area contributed by atoms with Gasteiger partial charge in [-0.25, -0.2) is 13.2 Å². The Balaban J connectivity index is 2.37. The number of fused-ring (bicyclic) bond motifs is 1. The van der Waals surface area contributed by atoms with Gasteiger partial charge in [0.25, 0.3) is 15.8 Å². The van der Waals surface area contributed by atoms with E-state index >= 15 is 0 Å². The first-order chi connectivity index (χ1) is 14.3. The smallest absolute Gasteiger partial charge is 0.303 e. The van der Waals surface area contributed by atoms with Gasteiger partial charge in [-0.05, 0) is 26.2 Å². The zero-order valence-electron chi connectivity index (χ0n) is 17.4. The molecule has 11 heteroatoms. The van der Waals surface area contributed by atoms with Gasteiger partial charge in [-0.2, -0.15) is 17.4 Å². The van der Waals surface area contributed by atoms with E-state index in [1.165, 1.54) is 4.58 Å². The first-order valence-electron chi connectivity index (χ1n) is 9.96.